The van der Waals surface area contributed by atoms with E-state index in [-0.39, 0.29) is 15.1 Å². The Labute approximate surface area is 122 Å². The van der Waals surface area contributed by atoms with Gasteiger partial charge in [0.05, 0.1) is 0 Å². The van der Waals surface area contributed by atoms with Gasteiger partial charge in [-0.3, -0.25) is 0 Å². The zero-order valence-corrected chi connectivity index (χ0v) is 12.8. The highest BCUT2D eigenvalue weighted by molar-refractivity contribution is 7.91. The number of hydrogen-bond acceptors (Lipinski definition) is 4. The maximum absolute atomic E-state index is 12.7. The normalized spacial score (nSPS) is 19.5. The number of hydrogen-bond donors (Lipinski definition) is 1. The van der Waals surface area contributed by atoms with Crippen molar-refractivity contribution >= 4 is 27.3 Å². The lowest BCUT2D eigenvalue weighted by Gasteiger charge is -2.20. The van der Waals surface area contributed by atoms with Gasteiger partial charge in [0.15, 0.2) is 0 Å². The van der Waals surface area contributed by atoms with Crippen LogP contribution in [0.1, 0.15) is 40.9 Å². The quantitative estimate of drug-likeness (QED) is 0.874. The molecular weight excluding hydrogens is 298 g/mol. The molecule has 20 heavy (non-hydrogen) atoms. The van der Waals surface area contributed by atoms with Crippen molar-refractivity contribution in [3.05, 3.63) is 16.5 Å². The highest BCUT2D eigenvalue weighted by Crippen LogP contribution is 2.39. The summed E-state index contributed by atoms with van der Waals surface area (Å²) in [5, 5.41) is 9.06. The molecule has 0 saturated heterocycles. The SMILES string of the molecule is Cc1cc(S(=O)(=O)N(CC2CC2)C2CC2)sc1C(=O)O. The molecule has 0 bridgehead atoms. The molecule has 0 spiro atoms. The Morgan fingerprint density at radius 1 is 1.40 bits per heavy atom. The maximum atomic E-state index is 12.7. The van der Waals surface area contributed by atoms with Gasteiger partial charge in [-0.15, -0.1) is 11.3 Å². The van der Waals surface area contributed by atoms with Crippen LogP contribution in [0.4, 0.5) is 0 Å². The fraction of sp³-hybridized carbons (Fsp3) is 0.615. The fourth-order valence-electron chi connectivity index (χ4n) is 2.27. The van der Waals surface area contributed by atoms with Crippen LogP contribution in [0.15, 0.2) is 10.3 Å². The van der Waals surface area contributed by atoms with Gasteiger partial charge in [0.1, 0.15) is 9.09 Å². The van der Waals surface area contributed by atoms with Gasteiger partial charge >= 0.3 is 5.97 Å². The van der Waals surface area contributed by atoms with Gasteiger partial charge in [-0.1, -0.05) is 0 Å². The van der Waals surface area contributed by atoms with Crippen LogP contribution in [-0.4, -0.2) is 36.4 Å². The molecule has 1 aromatic rings. The van der Waals surface area contributed by atoms with Gasteiger partial charge in [0, 0.05) is 12.6 Å². The van der Waals surface area contributed by atoms with Crippen molar-refractivity contribution in [2.45, 2.75) is 42.9 Å². The Balaban J connectivity index is 1.92. The van der Waals surface area contributed by atoms with Crippen molar-refractivity contribution in [3.63, 3.8) is 0 Å². The zero-order chi connectivity index (χ0) is 14.5. The van der Waals surface area contributed by atoms with Crippen molar-refractivity contribution in [1.29, 1.82) is 0 Å². The van der Waals surface area contributed by atoms with Gasteiger partial charge in [-0.25, -0.2) is 13.2 Å². The molecule has 2 fully saturated rings. The Morgan fingerprint density at radius 2 is 2.05 bits per heavy atom. The van der Waals surface area contributed by atoms with Crippen molar-refractivity contribution in [3.8, 4) is 0 Å². The van der Waals surface area contributed by atoms with Crippen molar-refractivity contribution in [2.75, 3.05) is 6.54 Å². The average molecular weight is 315 g/mol. The summed E-state index contributed by atoms with van der Waals surface area (Å²) in [6, 6.07) is 1.61. The minimum absolute atomic E-state index is 0.116. The Kier molecular flexibility index (Phi) is 3.38. The number of carboxylic acid groups (broad SMARTS) is 1. The molecule has 1 heterocycles. The molecule has 0 aliphatic heterocycles. The molecule has 1 N–H and O–H groups in total. The molecule has 0 unspecified atom stereocenters. The third-order valence-electron chi connectivity index (χ3n) is 3.74. The van der Waals surface area contributed by atoms with Gasteiger partial charge < -0.3 is 5.11 Å². The average Bonchev–Trinajstić information content (AvgIpc) is 3.25. The monoisotopic (exact) mass is 315 g/mol. The summed E-state index contributed by atoms with van der Waals surface area (Å²) in [4.78, 5) is 11.2. The predicted molar refractivity (Wildman–Crippen MR) is 75.7 cm³/mol. The van der Waals surface area contributed by atoms with E-state index < -0.39 is 16.0 Å². The first kappa shape index (κ1) is 14.0. The lowest BCUT2D eigenvalue weighted by Crippen LogP contribution is -2.34. The number of sulfonamides is 1. The molecule has 2 saturated carbocycles. The first-order valence-electron chi connectivity index (χ1n) is 6.75. The van der Waals surface area contributed by atoms with E-state index in [2.05, 4.69) is 0 Å². The van der Waals surface area contributed by atoms with E-state index in [1.54, 1.807) is 11.2 Å². The Morgan fingerprint density at radius 3 is 2.50 bits per heavy atom. The molecule has 110 valence electrons. The second-order valence-electron chi connectivity index (χ2n) is 5.63. The molecule has 0 atom stereocenters. The topological polar surface area (TPSA) is 74.7 Å². The Hall–Kier alpha value is -0.920. The maximum Gasteiger partial charge on any atom is 0.346 e. The summed E-state index contributed by atoms with van der Waals surface area (Å²) in [6.07, 6.45) is 4.04. The molecule has 5 nitrogen and oxygen atoms in total. The van der Waals surface area contributed by atoms with E-state index in [9.17, 15) is 13.2 Å². The third-order valence-corrected chi connectivity index (χ3v) is 7.33. The first-order chi connectivity index (χ1) is 9.39. The number of carboxylic acids is 1. The molecule has 0 radical (unpaired) electrons. The molecule has 7 heteroatoms. The summed E-state index contributed by atoms with van der Waals surface area (Å²) >= 11 is 0.866. The van der Waals surface area contributed by atoms with Crippen LogP contribution in [0, 0.1) is 12.8 Å². The molecule has 0 aromatic carbocycles. The van der Waals surface area contributed by atoms with Crippen molar-refractivity contribution in [2.24, 2.45) is 5.92 Å². The van der Waals surface area contributed by atoms with Crippen molar-refractivity contribution < 1.29 is 18.3 Å². The second-order valence-corrected chi connectivity index (χ2v) is 8.80. The number of rotatable bonds is 6. The highest BCUT2D eigenvalue weighted by atomic mass is 32.2. The largest absolute Gasteiger partial charge is 0.477 e. The number of aryl methyl sites for hydroxylation is 1. The van der Waals surface area contributed by atoms with E-state index in [4.69, 9.17) is 5.11 Å². The summed E-state index contributed by atoms with van der Waals surface area (Å²) in [5.74, 6) is -0.570. The fourth-order valence-corrected chi connectivity index (χ4v) is 5.54. The number of thiophene rings is 1. The summed E-state index contributed by atoms with van der Waals surface area (Å²) in [6.45, 7) is 2.23. The van der Waals surface area contributed by atoms with Crippen LogP contribution >= 0.6 is 11.3 Å². The van der Waals surface area contributed by atoms with Crippen molar-refractivity contribution in [1.82, 2.24) is 4.31 Å². The van der Waals surface area contributed by atoms with E-state index in [1.165, 1.54) is 6.07 Å². The third kappa shape index (κ3) is 2.62. The smallest absolute Gasteiger partial charge is 0.346 e. The summed E-state index contributed by atoms with van der Waals surface area (Å²) < 4.78 is 27.2. The molecule has 3 rings (SSSR count). The highest BCUT2D eigenvalue weighted by Gasteiger charge is 2.42. The molecule has 0 amide bonds. The number of aromatic carboxylic acids is 1. The second kappa shape index (κ2) is 4.82. The van der Waals surface area contributed by atoms with Crippen LogP contribution in [0.25, 0.3) is 0 Å². The predicted octanol–water partition coefficient (Wildman–Crippen LogP) is 2.32. The van der Waals surface area contributed by atoms with Crippen LogP contribution in [0.3, 0.4) is 0 Å². The van der Waals surface area contributed by atoms with E-state index in [0.717, 1.165) is 37.0 Å². The first-order valence-corrected chi connectivity index (χ1v) is 9.01. The minimum Gasteiger partial charge on any atom is -0.477 e. The van der Waals surface area contributed by atoms with Gasteiger partial charge in [0.2, 0.25) is 0 Å². The molecule has 2 aliphatic carbocycles. The van der Waals surface area contributed by atoms with E-state index in [1.807, 2.05) is 0 Å². The molecule has 2 aliphatic rings. The zero-order valence-electron chi connectivity index (χ0n) is 11.2. The van der Waals surface area contributed by atoms with Gasteiger partial charge in [0.25, 0.3) is 10.0 Å². The minimum atomic E-state index is -3.54. The standard InChI is InChI=1S/C13H17NO4S2/c1-8-6-11(19-12(8)13(15)16)20(17,18)14(10-4-5-10)7-9-2-3-9/h6,9-10H,2-5,7H2,1H3,(H,15,16). The van der Waals surface area contributed by atoms with E-state index >= 15 is 0 Å². The number of nitrogens with zero attached hydrogens (tertiary/aromatic N) is 1. The molecule has 1 aromatic heterocycles. The Bertz CT molecular complexity index is 641. The van der Waals surface area contributed by atoms with Gasteiger partial charge in [-0.2, -0.15) is 4.31 Å². The number of carbonyl (C=O) groups is 1. The van der Waals surface area contributed by atoms with E-state index in [0.29, 0.717) is 18.0 Å². The summed E-state index contributed by atoms with van der Waals surface area (Å²) in [5.41, 5.74) is 0.517. The van der Waals surface area contributed by atoms with Crippen LogP contribution < -0.4 is 0 Å². The van der Waals surface area contributed by atoms with Crippen LogP contribution in [0.5, 0.6) is 0 Å². The van der Waals surface area contributed by atoms with Crippen LogP contribution in [-0.2, 0) is 10.0 Å². The lowest BCUT2D eigenvalue weighted by molar-refractivity contribution is 0.0701. The lowest BCUT2D eigenvalue weighted by atomic mass is 10.3. The molecular formula is C13H17NO4S2. The van der Waals surface area contributed by atoms with Gasteiger partial charge in [-0.05, 0) is 50.2 Å². The summed E-state index contributed by atoms with van der Waals surface area (Å²) in [7, 11) is -3.54. The van der Waals surface area contributed by atoms with Crippen LogP contribution in [0.2, 0.25) is 0 Å².